The summed E-state index contributed by atoms with van der Waals surface area (Å²) in [5, 5.41) is 4.81. The minimum Gasteiger partial charge on any atom is -0.376 e. The van der Waals surface area contributed by atoms with E-state index < -0.39 is 0 Å². The van der Waals surface area contributed by atoms with Crippen molar-refractivity contribution in [3.63, 3.8) is 0 Å². The van der Waals surface area contributed by atoms with Gasteiger partial charge in [-0.05, 0) is 24.3 Å². The molecule has 1 atom stereocenters. The molecule has 3 rings (SSSR count). The van der Waals surface area contributed by atoms with Gasteiger partial charge in [0.2, 0.25) is 5.91 Å². The number of nitrogens with zero attached hydrogens (tertiary/aromatic N) is 1. The number of hydrogen-bond acceptors (Lipinski definition) is 4. The van der Waals surface area contributed by atoms with Crippen LogP contribution in [-0.4, -0.2) is 49.1 Å². The molecule has 0 saturated carbocycles. The maximum Gasteiger partial charge on any atom is 0.263 e. The highest BCUT2D eigenvalue weighted by molar-refractivity contribution is 7.12. The summed E-state index contributed by atoms with van der Waals surface area (Å²) in [6, 6.07) is 3.68. The van der Waals surface area contributed by atoms with Crippen LogP contribution in [0, 0.1) is 5.92 Å². The fourth-order valence-corrected chi connectivity index (χ4v) is 3.22. The number of ether oxygens (including phenoxy) is 1. The summed E-state index contributed by atoms with van der Waals surface area (Å²) >= 11 is 1.44. The van der Waals surface area contributed by atoms with Crippen molar-refractivity contribution < 1.29 is 14.3 Å². The standard InChI is InChI=1S/C14H18N2O3S/c17-13(15-7-11-3-1-5-19-11)10-8-16(9-10)14(18)12-4-2-6-20-12/h2,4,6,10-11H,1,3,5,7-9H2,(H,15,17). The van der Waals surface area contributed by atoms with Gasteiger partial charge in [-0.15, -0.1) is 11.3 Å². The third kappa shape index (κ3) is 2.86. The summed E-state index contributed by atoms with van der Waals surface area (Å²) in [4.78, 5) is 26.4. The lowest BCUT2D eigenvalue weighted by molar-refractivity contribution is -0.129. The zero-order valence-corrected chi connectivity index (χ0v) is 12.0. The van der Waals surface area contributed by atoms with E-state index in [1.807, 2.05) is 17.5 Å². The molecule has 1 aromatic heterocycles. The Morgan fingerprint density at radius 3 is 2.95 bits per heavy atom. The zero-order chi connectivity index (χ0) is 13.9. The third-order valence-electron chi connectivity index (χ3n) is 3.80. The molecule has 0 radical (unpaired) electrons. The molecule has 0 aliphatic carbocycles. The lowest BCUT2D eigenvalue weighted by atomic mass is 9.98. The molecule has 2 amide bonds. The Morgan fingerprint density at radius 1 is 1.45 bits per heavy atom. The van der Waals surface area contributed by atoms with E-state index in [1.54, 1.807) is 4.90 Å². The molecule has 2 fully saturated rings. The molecule has 2 aliphatic rings. The number of likely N-dealkylation sites (tertiary alicyclic amines) is 1. The first kappa shape index (κ1) is 13.6. The Labute approximate surface area is 121 Å². The van der Waals surface area contributed by atoms with Gasteiger partial charge < -0.3 is 15.0 Å². The number of hydrogen-bond donors (Lipinski definition) is 1. The number of rotatable bonds is 4. The predicted octanol–water partition coefficient (Wildman–Crippen LogP) is 1.12. The van der Waals surface area contributed by atoms with E-state index >= 15 is 0 Å². The molecule has 6 heteroatoms. The van der Waals surface area contributed by atoms with Crippen LogP contribution in [0.25, 0.3) is 0 Å². The van der Waals surface area contributed by atoms with Crippen molar-refractivity contribution in [1.82, 2.24) is 10.2 Å². The van der Waals surface area contributed by atoms with Gasteiger partial charge in [-0.1, -0.05) is 6.07 Å². The first-order valence-corrected chi connectivity index (χ1v) is 7.84. The minimum absolute atomic E-state index is 0.0307. The van der Waals surface area contributed by atoms with Crippen LogP contribution in [0.4, 0.5) is 0 Å². The number of carbonyl (C=O) groups is 2. The molecule has 1 N–H and O–H groups in total. The highest BCUT2D eigenvalue weighted by Crippen LogP contribution is 2.21. The largest absolute Gasteiger partial charge is 0.376 e. The fourth-order valence-electron chi connectivity index (χ4n) is 2.53. The third-order valence-corrected chi connectivity index (χ3v) is 4.66. The molecule has 0 aromatic carbocycles. The van der Waals surface area contributed by atoms with Crippen molar-refractivity contribution >= 4 is 23.2 Å². The maximum absolute atomic E-state index is 12.0. The van der Waals surface area contributed by atoms with Crippen LogP contribution >= 0.6 is 11.3 Å². The van der Waals surface area contributed by atoms with Gasteiger partial charge in [0.05, 0.1) is 16.9 Å². The number of nitrogens with one attached hydrogen (secondary N) is 1. The van der Waals surface area contributed by atoms with E-state index in [2.05, 4.69) is 5.32 Å². The summed E-state index contributed by atoms with van der Waals surface area (Å²) in [5.74, 6) is -0.000721. The number of thiophene rings is 1. The van der Waals surface area contributed by atoms with Crippen LogP contribution in [0.1, 0.15) is 22.5 Å². The van der Waals surface area contributed by atoms with Crippen LogP contribution in [0.5, 0.6) is 0 Å². The second-order valence-corrected chi connectivity index (χ2v) is 6.21. The van der Waals surface area contributed by atoms with Crippen LogP contribution in [0.2, 0.25) is 0 Å². The van der Waals surface area contributed by atoms with Crippen molar-refractivity contribution in [3.8, 4) is 0 Å². The smallest absolute Gasteiger partial charge is 0.263 e. The van der Waals surface area contributed by atoms with Crippen molar-refractivity contribution in [2.45, 2.75) is 18.9 Å². The average Bonchev–Trinajstić information content (AvgIpc) is 3.07. The number of carbonyl (C=O) groups excluding carboxylic acids is 2. The van der Waals surface area contributed by atoms with Crippen molar-refractivity contribution in [3.05, 3.63) is 22.4 Å². The normalized spacial score (nSPS) is 22.6. The molecular formula is C14H18N2O3S. The van der Waals surface area contributed by atoms with Gasteiger partial charge in [-0.25, -0.2) is 0 Å². The maximum atomic E-state index is 12.0. The Kier molecular flexibility index (Phi) is 4.03. The van der Waals surface area contributed by atoms with Gasteiger partial charge in [0.15, 0.2) is 0 Å². The minimum atomic E-state index is -0.0692. The molecule has 1 aromatic rings. The Hall–Kier alpha value is -1.40. The van der Waals surface area contributed by atoms with Gasteiger partial charge in [-0.3, -0.25) is 9.59 Å². The fraction of sp³-hybridized carbons (Fsp3) is 0.571. The first-order valence-electron chi connectivity index (χ1n) is 6.96. The van der Waals surface area contributed by atoms with Crippen molar-refractivity contribution in [2.24, 2.45) is 5.92 Å². The second-order valence-electron chi connectivity index (χ2n) is 5.26. The van der Waals surface area contributed by atoms with E-state index in [4.69, 9.17) is 4.74 Å². The highest BCUT2D eigenvalue weighted by atomic mass is 32.1. The van der Waals surface area contributed by atoms with E-state index in [0.29, 0.717) is 19.6 Å². The molecule has 3 heterocycles. The van der Waals surface area contributed by atoms with E-state index in [0.717, 1.165) is 24.3 Å². The molecule has 0 bridgehead atoms. The van der Waals surface area contributed by atoms with Gasteiger partial charge in [0.1, 0.15) is 0 Å². The van der Waals surface area contributed by atoms with Crippen LogP contribution < -0.4 is 5.32 Å². The van der Waals surface area contributed by atoms with E-state index in [-0.39, 0.29) is 23.8 Å². The zero-order valence-electron chi connectivity index (χ0n) is 11.2. The Balaban J connectivity index is 1.40. The molecule has 1 unspecified atom stereocenters. The molecule has 108 valence electrons. The monoisotopic (exact) mass is 294 g/mol. The molecule has 2 aliphatic heterocycles. The SMILES string of the molecule is O=C(NCC1CCCO1)C1CN(C(=O)c2cccs2)C1. The summed E-state index contributed by atoms with van der Waals surface area (Å²) < 4.78 is 5.47. The summed E-state index contributed by atoms with van der Waals surface area (Å²) in [5.41, 5.74) is 0. The van der Waals surface area contributed by atoms with Gasteiger partial charge in [-0.2, -0.15) is 0 Å². The topological polar surface area (TPSA) is 58.6 Å². The van der Waals surface area contributed by atoms with E-state index in [9.17, 15) is 9.59 Å². The molecular weight excluding hydrogens is 276 g/mol. The lowest BCUT2D eigenvalue weighted by Gasteiger charge is -2.38. The number of amides is 2. The molecule has 0 spiro atoms. The van der Waals surface area contributed by atoms with Gasteiger partial charge >= 0.3 is 0 Å². The summed E-state index contributed by atoms with van der Waals surface area (Å²) in [7, 11) is 0. The Bertz CT molecular complexity index is 477. The van der Waals surface area contributed by atoms with Gasteiger partial charge in [0.25, 0.3) is 5.91 Å². The predicted molar refractivity (Wildman–Crippen MR) is 75.7 cm³/mol. The Morgan fingerprint density at radius 2 is 2.30 bits per heavy atom. The van der Waals surface area contributed by atoms with Crippen molar-refractivity contribution in [1.29, 1.82) is 0 Å². The quantitative estimate of drug-likeness (QED) is 0.905. The van der Waals surface area contributed by atoms with Crippen LogP contribution in [0.3, 0.4) is 0 Å². The molecule has 2 saturated heterocycles. The second kappa shape index (κ2) is 5.93. The summed E-state index contributed by atoms with van der Waals surface area (Å²) in [6.07, 6.45) is 2.27. The van der Waals surface area contributed by atoms with Gasteiger partial charge in [0, 0.05) is 26.2 Å². The summed E-state index contributed by atoms with van der Waals surface area (Å²) in [6.45, 7) is 2.43. The van der Waals surface area contributed by atoms with Crippen LogP contribution in [0.15, 0.2) is 17.5 Å². The molecule has 5 nitrogen and oxygen atoms in total. The molecule has 20 heavy (non-hydrogen) atoms. The first-order chi connectivity index (χ1) is 9.74. The van der Waals surface area contributed by atoms with Crippen molar-refractivity contribution in [2.75, 3.05) is 26.2 Å². The highest BCUT2D eigenvalue weighted by Gasteiger charge is 2.36. The van der Waals surface area contributed by atoms with Crippen LogP contribution in [-0.2, 0) is 9.53 Å². The average molecular weight is 294 g/mol. The lowest BCUT2D eigenvalue weighted by Crippen LogP contribution is -2.56. The van der Waals surface area contributed by atoms with E-state index in [1.165, 1.54) is 11.3 Å².